The van der Waals surface area contributed by atoms with E-state index in [1.54, 1.807) is 20.2 Å². The fourth-order valence-corrected chi connectivity index (χ4v) is 1.90. The largest absolute Gasteiger partial charge is 0.496 e. The Morgan fingerprint density at radius 3 is 2.67 bits per heavy atom. The molecule has 0 aliphatic heterocycles. The number of rotatable bonds is 6. The minimum atomic E-state index is -0.386. The van der Waals surface area contributed by atoms with Crippen LogP contribution < -0.4 is 4.74 Å². The zero-order valence-electron chi connectivity index (χ0n) is 11.7. The maximum atomic E-state index is 11.9. The van der Waals surface area contributed by atoms with E-state index in [2.05, 4.69) is 4.98 Å². The molecule has 0 fully saturated rings. The standard InChI is InChI=1S/C14H21NO3/c1-6-18-11(4)13(16)7-12-10(3)14(17-5)9(2)8-15-12/h8,11H,6-7H2,1-5H3. The Bertz CT molecular complexity index is 429. The zero-order valence-corrected chi connectivity index (χ0v) is 11.7. The van der Waals surface area contributed by atoms with E-state index in [1.165, 1.54) is 0 Å². The Labute approximate surface area is 108 Å². The molecule has 0 amide bonds. The van der Waals surface area contributed by atoms with Crippen LogP contribution in [-0.2, 0) is 16.0 Å². The third kappa shape index (κ3) is 3.29. The van der Waals surface area contributed by atoms with Gasteiger partial charge in [-0.1, -0.05) is 0 Å². The van der Waals surface area contributed by atoms with Gasteiger partial charge in [-0.25, -0.2) is 0 Å². The number of Topliss-reactive ketones (excluding diaryl/α,β-unsaturated/α-hetero) is 1. The average molecular weight is 251 g/mol. The van der Waals surface area contributed by atoms with Crippen molar-refractivity contribution in [2.75, 3.05) is 13.7 Å². The van der Waals surface area contributed by atoms with Gasteiger partial charge in [0.2, 0.25) is 0 Å². The van der Waals surface area contributed by atoms with Crippen LogP contribution in [0.1, 0.15) is 30.7 Å². The molecule has 1 rings (SSSR count). The highest BCUT2D eigenvalue weighted by Gasteiger charge is 2.17. The molecule has 100 valence electrons. The summed E-state index contributed by atoms with van der Waals surface area (Å²) in [5.41, 5.74) is 2.66. The van der Waals surface area contributed by atoms with Crippen LogP contribution in [0.2, 0.25) is 0 Å². The minimum Gasteiger partial charge on any atom is -0.496 e. The number of ketones is 1. The number of methoxy groups -OCH3 is 1. The Morgan fingerprint density at radius 2 is 2.11 bits per heavy atom. The van der Waals surface area contributed by atoms with E-state index in [1.807, 2.05) is 20.8 Å². The van der Waals surface area contributed by atoms with E-state index in [-0.39, 0.29) is 18.3 Å². The Kier molecular flexibility index (Phi) is 5.28. The number of ether oxygens (including phenoxy) is 2. The monoisotopic (exact) mass is 251 g/mol. The number of aryl methyl sites for hydroxylation is 1. The zero-order chi connectivity index (χ0) is 13.7. The molecule has 0 aliphatic carbocycles. The van der Waals surface area contributed by atoms with Crippen LogP contribution in [0.3, 0.4) is 0 Å². The lowest BCUT2D eigenvalue weighted by Gasteiger charge is -2.14. The van der Waals surface area contributed by atoms with Gasteiger partial charge in [-0.15, -0.1) is 0 Å². The van der Waals surface area contributed by atoms with Crippen LogP contribution in [0.5, 0.6) is 5.75 Å². The third-order valence-electron chi connectivity index (χ3n) is 2.96. The van der Waals surface area contributed by atoms with Gasteiger partial charge in [-0.05, 0) is 27.7 Å². The predicted octanol–water partition coefficient (Wildman–Crippen LogP) is 2.24. The molecule has 0 saturated heterocycles. The molecule has 0 aliphatic rings. The highest BCUT2D eigenvalue weighted by Crippen LogP contribution is 2.24. The second-order valence-electron chi connectivity index (χ2n) is 4.29. The average Bonchev–Trinajstić information content (AvgIpc) is 2.33. The maximum absolute atomic E-state index is 11.9. The normalized spacial score (nSPS) is 12.3. The second-order valence-corrected chi connectivity index (χ2v) is 4.29. The van der Waals surface area contributed by atoms with Crippen molar-refractivity contribution in [1.29, 1.82) is 0 Å². The highest BCUT2D eigenvalue weighted by molar-refractivity contribution is 5.84. The lowest BCUT2D eigenvalue weighted by atomic mass is 10.0. The molecule has 0 aromatic carbocycles. The van der Waals surface area contributed by atoms with Crippen molar-refractivity contribution in [2.24, 2.45) is 0 Å². The van der Waals surface area contributed by atoms with Gasteiger partial charge in [0.05, 0.1) is 19.2 Å². The summed E-state index contributed by atoms with van der Waals surface area (Å²) < 4.78 is 10.6. The van der Waals surface area contributed by atoms with Crippen LogP contribution >= 0.6 is 0 Å². The number of hydrogen-bond acceptors (Lipinski definition) is 4. The van der Waals surface area contributed by atoms with Crippen molar-refractivity contribution in [1.82, 2.24) is 4.98 Å². The number of aromatic nitrogens is 1. The van der Waals surface area contributed by atoms with Gasteiger partial charge in [0.1, 0.15) is 11.9 Å². The van der Waals surface area contributed by atoms with Crippen molar-refractivity contribution < 1.29 is 14.3 Å². The van der Waals surface area contributed by atoms with Gasteiger partial charge in [0, 0.05) is 23.9 Å². The fourth-order valence-electron chi connectivity index (χ4n) is 1.90. The highest BCUT2D eigenvalue weighted by atomic mass is 16.5. The van der Waals surface area contributed by atoms with Crippen molar-refractivity contribution in [3.8, 4) is 5.75 Å². The summed E-state index contributed by atoms with van der Waals surface area (Å²) in [6.07, 6.45) is 1.63. The van der Waals surface area contributed by atoms with Gasteiger partial charge < -0.3 is 9.47 Å². The predicted molar refractivity (Wildman–Crippen MR) is 70.1 cm³/mol. The minimum absolute atomic E-state index is 0.0401. The van der Waals surface area contributed by atoms with Crippen molar-refractivity contribution in [3.63, 3.8) is 0 Å². The molecular formula is C14H21NO3. The van der Waals surface area contributed by atoms with E-state index >= 15 is 0 Å². The topological polar surface area (TPSA) is 48.4 Å². The van der Waals surface area contributed by atoms with Crippen molar-refractivity contribution in [2.45, 2.75) is 40.2 Å². The summed E-state index contributed by atoms with van der Waals surface area (Å²) in [4.78, 5) is 16.2. The van der Waals surface area contributed by atoms with Crippen LogP contribution in [0.4, 0.5) is 0 Å². The number of nitrogens with zero attached hydrogens (tertiary/aromatic N) is 1. The molecule has 0 saturated carbocycles. The first-order valence-electron chi connectivity index (χ1n) is 6.14. The summed E-state index contributed by atoms with van der Waals surface area (Å²) >= 11 is 0. The maximum Gasteiger partial charge on any atom is 0.167 e. The molecule has 0 bridgehead atoms. The number of hydrogen-bond donors (Lipinski definition) is 0. The molecule has 0 N–H and O–H groups in total. The molecule has 4 heteroatoms. The van der Waals surface area contributed by atoms with Crippen LogP contribution in [-0.4, -0.2) is 30.6 Å². The lowest BCUT2D eigenvalue weighted by Crippen LogP contribution is -2.23. The summed E-state index contributed by atoms with van der Waals surface area (Å²) in [5, 5.41) is 0. The molecule has 1 atom stereocenters. The van der Waals surface area contributed by atoms with Gasteiger partial charge in [0.25, 0.3) is 0 Å². The molecular weight excluding hydrogens is 230 g/mol. The van der Waals surface area contributed by atoms with Gasteiger partial charge in [0.15, 0.2) is 5.78 Å². The Balaban J connectivity index is 2.89. The van der Waals surface area contributed by atoms with Crippen molar-refractivity contribution in [3.05, 3.63) is 23.0 Å². The van der Waals surface area contributed by atoms with Crippen LogP contribution in [0.15, 0.2) is 6.20 Å². The third-order valence-corrected chi connectivity index (χ3v) is 2.96. The first-order valence-corrected chi connectivity index (χ1v) is 6.14. The number of carbonyl (C=O) groups is 1. The number of carbonyl (C=O) groups excluding carboxylic acids is 1. The summed E-state index contributed by atoms with van der Waals surface area (Å²) in [5.74, 6) is 0.843. The quantitative estimate of drug-likeness (QED) is 0.778. The van der Waals surface area contributed by atoms with Crippen LogP contribution in [0, 0.1) is 13.8 Å². The smallest absolute Gasteiger partial charge is 0.167 e. The molecule has 1 heterocycles. The van der Waals surface area contributed by atoms with Crippen LogP contribution in [0.25, 0.3) is 0 Å². The van der Waals surface area contributed by atoms with Crippen molar-refractivity contribution >= 4 is 5.78 Å². The molecule has 1 aromatic heterocycles. The van der Waals surface area contributed by atoms with E-state index < -0.39 is 0 Å². The molecule has 1 unspecified atom stereocenters. The van der Waals surface area contributed by atoms with E-state index in [0.717, 1.165) is 22.6 Å². The fraction of sp³-hybridized carbons (Fsp3) is 0.571. The Hall–Kier alpha value is -1.42. The molecule has 4 nitrogen and oxygen atoms in total. The second kappa shape index (κ2) is 6.50. The van der Waals surface area contributed by atoms with E-state index in [0.29, 0.717) is 6.61 Å². The molecule has 0 radical (unpaired) electrons. The lowest BCUT2D eigenvalue weighted by molar-refractivity contribution is -0.128. The first kappa shape index (κ1) is 14.6. The number of pyridine rings is 1. The van der Waals surface area contributed by atoms with Gasteiger partial charge >= 0.3 is 0 Å². The van der Waals surface area contributed by atoms with E-state index in [4.69, 9.17) is 9.47 Å². The summed E-state index contributed by atoms with van der Waals surface area (Å²) in [6, 6.07) is 0. The van der Waals surface area contributed by atoms with Gasteiger partial charge in [-0.3, -0.25) is 9.78 Å². The summed E-state index contributed by atoms with van der Waals surface area (Å²) in [6.45, 7) is 8.05. The van der Waals surface area contributed by atoms with E-state index in [9.17, 15) is 4.79 Å². The van der Waals surface area contributed by atoms with Gasteiger partial charge in [-0.2, -0.15) is 0 Å². The SMILES string of the molecule is CCOC(C)C(=O)Cc1ncc(C)c(OC)c1C. The Morgan fingerprint density at radius 1 is 1.44 bits per heavy atom. The first-order chi connectivity index (χ1) is 8.51. The summed E-state index contributed by atoms with van der Waals surface area (Å²) in [7, 11) is 1.63. The molecule has 0 spiro atoms. The molecule has 18 heavy (non-hydrogen) atoms. The molecule has 1 aromatic rings.